The third kappa shape index (κ3) is 4.13. The second kappa shape index (κ2) is 8.59. The summed E-state index contributed by atoms with van der Waals surface area (Å²) in [5.74, 6) is 5.81. The molecule has 0 saturated carbocycles. The topological polar surface area (TPSA) is 71.5 Å². The molecular formula is C24H20N2O3. The van der Waals surface area contributed by atoms with E-state index >= 15 is 0 Å². The van der Waals surface area contributed by atoms with Gasteiger partial charge in [0.05, 0.1) is 18.8 Å². The molecule has 5 heteroatoms. The summed E-state index contributed by atoms with van der Waals surface area (Å²) in [7, 11) is 0. The molecule has 2 N–H and O–H groups in total. The molecule has 4 rings (SSSR count). The number of nitrogens with zero attached hydrogens (tertiary/aromatic N) is 1. The Morgan fingerprint density at radius 2 is 1.72 bits per heavy atom. The van der Waals surface area contributed by atoms with Crippen molar-refractivity contribution < 1.29 is 14.6 Å². The summed E-state index contributed by atoms with van der Waals surface area (Å²) < 4.78 is 5.46. The van der Waals surface area contributed by atoms with Crippen molar-refractivity contribution in [1.82, 2.24) is 10.3 Å². The number of aliphatic hydroxyl groups is 1. The number of fused-ring (bicyclic) bond motifs is 3. The number of aliphatic hydroxyl groups excluding tert-OH is 1. The van der Waals surface area contributed by atoms with Gasteiger partial charge in [-0.25, -0.2) is 4.79 Å². The number of hydrogen-bond donors (Lipinski definition) is 2. The number of ether oxygens (including phenoxy) is 1. The second-order valence-electron chi connectivity index (χ2n) is 6.68. The Morgan fingerprint density at radius 1 is 1.03 bits per heavy atom. The van der Waals surface area contributed by atoms with Gasteiger partial charge < -0.3 is 15.2 Å². The number of carbonyl (C=O) groups is 1. The van der Waals surface area contributed by atoms with Gasteiger partial charge in [-0.2, -0.15) is 0 Å². The number of rotatable bonds is 4. The molecule has 0 unspecified atom stereocenters. The average molecular weight is 384 g/mol. The van der Waals surface area contributed by atoms with Gasteiger partial charge >= 0.3 is 6.09 Å². The van der Waals surface area contributed by atoms with Crippen LogP contribution < -0.4 is 5.32 Å². The number of hydrogen-bond acceptors (Lipinski definition) is 4. The molecule has 2 aromatic carbocycles. The SMILES string of the molecule is O=C(NCC#Cc1ccc(CO)nc1)OCC1c2ccccc2-c2ccccc21. The molecule has 0 atom stereocenters. The Kier molecular flexibility index (Phi) is 5.55. The summed E-state index contributed by atoms with van der Waals surface area (Å²) in [5, 5.41) is 11.6. The lowest BCUT2D eigenvalue weighted by atomic mass is 9.98. The van der Waals surface area contributed by atoms with Crippen molar-refractivity contribution in [3.05, 3.63) is 89.2 Å². The average Bonchev–Trinajstić information content (AvgIpc) is 3.09. The van der Waals surface area contributed by atoms with Crippen LogP contribution in [-0.2, 0) is 11.3 Å². The highest BCUT2D eigenvalue weighted by Gasteiger charge is 2.28. The summed E-state index contributed by atoms with van der Waals surface area (Å²) in [5.41, 5.74) is 6.07. The van der Waals surface area contributed by atoms with E-state index in [2.05, 4.69) is 46.4 Å². The summed E-state index contributed by atoms with van der Waals surface area (Å²) in [4.78, 5) is 16.1. The van der Waals surface area contributed by atoms with Crippen molar-refractivity contribution in [2.24, 2.45) is 0 Å². The van der Waals surface area contributed by atoms with Gasteiger partial charge in [0.2, 0.25) is 0 Å². The van der Waals surface area contributed by atoms with E-state index in [0.717, 1.165) is 5.56 Å². The molecule has 0 saturated heterocycles. The first-order chi connectivity index (χ1) is 14.3. The van der Waals surface area contributed by atoms with Crippen LogP contribution in [0.4, 0.5) is 4.79 Å². The molecule has 0 radical (unpaired) electrons. The molecule has 1 aliphatic rings. The van der Waals surface area contributed by atoms with Crippen LogP contribution in [-0.4, -0.2) is 29.3 Å². The zero-order valence-electron chi connectivity index (χ0n) is 15.8. The van der Waals surface area contributed by atoms with E-state index in [1.54, 1.807) is 18.3 Å². The maximum absolute atomic E-state index is 12.1. The highest BCUT2D eigenvalue weighted by Crippen LogP contribution is 2.44. The fourth-order valence-corrected chi connectivity index (χ4v) is 3.50. The van der Waals surface area contributed by atoms with E-state index < -0.39 is 6.09 Å². The molecule has 5 nitrogen and oxygen atoms in total. The molecule has 1 aliphatic carbocycles. The normalized spacial score (nSPS) is 11.8. The Morgan fingerprint density at radius 3 is 2.34 bits per heavy atom. The minimum absolute atomic E-state index is 0.0374. The van der Waals surface area contributed by atoms with Gasteiger partial charge in [0.15, 0.2) is 0 Å². The lowest BCUT2D eigenvalue weighted by Crippen LogP contribution is -2.26. The van der Waals surface area contributed by atoms with Crippen molar-refractivity contribution in [1.29, 1.82) is 0 Å². The lowest BCUT2D eigenvalue weighted by Gasteiger charge is -2.14. The first kappa shape index (κ1) is 18.7. The standard InChI is InChI=1S/C24H20N2O3/c27-15-18-12-11-17(14-26-18)6-5-13-25-24(28)29-16-23-21-9-3-1-7-19(21)20-8-2-4-10-22(20)23/h1-4,7-12,14,23,27H,13,15-16H2,(H,25,28). The van der Waals surface area contributed by atoms with Crippen LogP contribution in [0.3, 0.4) is 0 Å². The molecule has 1 amide bonds. The Hall–Kier alpha value is -3.62. The zero-order valence-corrected chi connectivity index (χ0v) is 15.8. The van der Waals surface area contributed by atoms with Crippen LogP contribution in [0.5, 0.6) is 0 Å². The number of nitrogens with one attached hydrogen (secondary N) is 1. The maximum atomic E-state index is 12.1. The van der Waals surface area contributed by atoms with E-state index in [9.17, 15) is 4.79 Å². The third-order valence-electron chi connectivity index (χ3n) is 4.88. The molecule has 0 spiro atoms. The van der Waals surface area contributed by atoms with Gasteiger partial charge in [-0.1, -0.05) is 60.4 Å². The molecule has 3 aromatic rings. The zero-order chi connectivity index (χ0) is 20.1. The molecular weight excluding hydrogens is 364 g/mol. The molecule has 1 aromatic heterocycles. The fourth-order valence-electron chi connectivity index (χ4n) is 3.50. The number of benzene rings is 2. The Balaban J connectivity index is 1.33. The van der Waals surface area contributed by atoms with Gasteiger partial charge in [-0.05, 0) is 34.4 Å². The largest absolute Gasteiger partial charge is 0.449 e. The molecule has 29 heavy (non-hydrogen) atoms. The number of aromatic nitrogens is 1. The van der Waals surface area contributed by atoms with E-state index in [1.807, 2.05) is 24.3 Å². The first-order valence-corrected chi connectivity index (χ1v) is 9.40. The number of alkyl carbamates (subject to hydrolysis) is 1. The molecule has 144 valence electrons. The van der Waals surface area contributed by atoms with Crippen molar-refractivity contribution in [2.45, 2.75) is 12.5 Å². The second-order valence-corrected chi connectivity index (χ2v) is 6.68. The van der Waals surface area contributed by atoms with Crippen LogP contribution in [0, 0.1) is 11.8 Å². The summed E-state index contributed by atoms with van der Waals surface area (Å²) >= 11 is 0. The van der Waals surface area contributed by atoms with Gasteiger partial charge in [0, 0.05) is 17.7 Å². The fraction of sp³-hybridized carbons (Fsp3) is 0.167. The van der Waals surface area contributed by atoms with Crippen molar-refractivity contribution in [3.63, 3.8) is 0 Å². The first-order valence-electron chi connectivity index (χ1n) is 9.40. The van der Waals surface area contributed by atoms with E-state index in [4.69, 9.17) is 9.84 Å². The highest BCUT2D eigenvalue weighted by molar-refractivity contribution is 5.79. The molecule has 0 bridgehead atoms. The van der Waals surface area contributed by atoms with Gasteiger partial charge in [0.1, 0.15) is 6.61 Å². The summed E-state index contributed by atoms with van der Waals surface area (Å²) in [6.07, 6.45) is 1.10. The monoisotopic (exact) mass is 384 g/mol. The quantitative estimate of drug-likeness (QED) is 0.676. The minimum Gasteiger partial charge on any atom is -0.449 e. The van der Waals surface area contributed by atoms with Gasteiger partial charge in [-0.15, -0.1) is 0 Å². The highest BCUT2D eigenvalue weighted by atomic mass is 16.5. The summed E-state index contributed by atoms with van der Waals surface area (Å²) in [6.45, 7) is 0.356. The van der Waals surface area contributed by atoms with Crippen LogP contribution in [0.2, 0.25) is 0 Å². The van der Waals surface area contributed by atoms with Crippen molar-refractivity contribution >= 4 is 6.09 Å². The van der Waals surface area contributed by atoms with Crippen molar-refractivity contribution in [3.8, 4) is 23.0 Å². The van der Waals surface area contributed by atoms with E-state index in [0.29, 0.717) is 5.69 Å². The van der Waals surface area contributed by atoms with Crippen LogP contribution >= 0.6 is 0 Å². The molecule has 0 fully saturated rings. The third-order valence-corrected chi connectivity index (χ3v) is 4.88. The number of carbonyl (C=O) groups excluding carboxylic acids is 1. The van der Waals surface area contributed by atoms with E-state index in [1.165, 1.54) is 22.3 Å². The van der Waals surface area contributed by atoms with Gasteiger partial charge in [-0.3, -0.25) is 4.98 Å². The number of pyridine rings is 1. The number of amides is 1. The summed E-state index contributed by atoms with van der Waals surface area (Å²) in [6, 6.07) is 19.9. The molecule has 0 aliphatic heterocycles. The maximum Gasteiger partial charge on any atom is 0.407 e. The van der Waals surface area contributed by atoms with E-state index in [-0.39, 0.29) is 25.7 Å². The predicted octanol–water partition coefficient (Wildman–Crippen LogP) is 3.46. The minimum atomic E-state index is -0.491. The molecule has 1 heterocycles. The van der Waals surface area contributed by atoms with Crippen LogP contribution in [0.25, 0.3) is 11.1 Å². The predicted molar refractivity (Wildman–Crippen MR) is 110 cm³/mol. The smallest absolute Gasteiger partial charge is 0.407 e. The Bertz CT molecular complexity index is 1040. The van der Waals surface area contributed by atoms with Crippen LogP contribution in [0.15, 0.2) is 66.9 Å². The lowest BCUT2D eigenvalue weighted by molar-refractivity contribution is 0.144. The van der Waals surface area contributed by atoms with Crippen molar-refractivity contribution in [2.75, 3.05) is 13.2 Å². The van der Waals surface area contributed by atoms with Crippen LogP contribution in [0.1, 0.15) is 28.3 Å². The van der Waals surface area contributed by atoms with Gasteiger partial charge in [0.25, 0.3) is 0 Å². The Labute approximate surface area is 169 Å².